The molecular weight excluding hydrogens is 541 g/mol. The number of rotatable bonds is 6. The summed E-state index contributed by atoms with van der Waals surface area (Å²) in [6.07, 6.45) is -4.42. The largest absolute Gasteiger partial charge is 0.487 e. The number of carbonyl (C=O) groups is 1. The molecule has 1 aliphatic heterocycles. The van der Waals surface area contributed by atoms with Gasteiger partial charge in [0.2, 0.25) is 5.91 Å². The molecule has 0 saturated carbocycles. The Morgan fingerprint density at radius 1 is 1.11 bits per heavy atom. The highest BCUT2D eigenvalue weighted by atomic mass is 35.5. The molecule has 0 aliphatic carbocycles. The summed E-state index contributed by atoms with van der Waals surface area (Å²) in [5.74, 6) is -0.0879. The summed E-state index contributed by atoms with van der Waals surface area (Å²) in [6.45, 7) is 4.90. The number of halogens is 4. The monoisotopic (exact) mass is 566 g/mol. The minimum Gasteiger partial charge on any atom is -0.487 e. The van der Waals surface area contributed by atoms with Gasteiger partial charge in [-0.15, -0.1) is 0 Å². The minimum atomic E-state index is -4.83. The van der Waals surface area contributed by atoms with Gasteiger partial charge in [0.15, 0.2) is 0 Å². The molecule has 1 atom stereocenters. The van der Waals surface area contributed by atoms with E-state index in [2.05, 4.69) is 5.32 Å². The third-order valence-electron chi connectivity index (χ3n) is 6.12. The van der Waals surface area contributed by atoms with Crippen molar-refractivity contribution in [2.75, 3.05) is 10.8 Å². The third kappa shape index (κ3) is 5.91. The van der Waals surface area contributed by atoms with Crippen molar-refractivity contribution < 1.29 is 31.1 Å². The smallest absolute Gasteiger partial charge is 0.417 e. The van der Waals surface area contributed by atoms with Crippen LogP contribution in [0.1, 0.15) is 43.0 Å². The number of benzene rings is 3. The van der Waals surface area contributed by atoms with Gasteiger partial charge in [0.05, 0.1) is 27.2 Å². The second kappa shape index (κ2) is 10.1. The number of hydrogen-bond acceptors (Lipinski definition) is 4. The average Bonchev–Trinajstić information content (AvgIpc) is 2.81. The van der Waals surface area contributed by atoms with Crippen LogP contribution in [0.2, 0.25) is 5.02 Å². The fourth-order valence-electron chi connectivity index (χ4n) is 4.38. The van der Waals surface area contributed by atoms with E-state index in [-0.39, 0.29) is 10.6 Å². The van der Waals surface area contributed by atoms with E-state index in [0.29, 0.717) is 22.5 Å². The Hall–Kier alpha value is -3.24. The second-order valence-electron chi connectivity index (χ2n) is 9.71. The number of hydrogen-bond donors (Lipinski definition) is 1. The number of ether oxygens (including phenoxy) is 1. The second-order valence-corrected chi connectivity index (χ2v) is 12.0. The summed E-state index contributed by atoms with van der Waals surface area (Å²) in [6, 6.07) is 15.0. The molecule has 1 unspecified atom stereocenters. The third-order valence-corrected chi connectivity index (χ3v) is 8.24. The standard InChI is InChI=1S/C27H26ClF3N2O4S/c1-17-9-11-20-23(15-26(2,3)37-24(20)13-17)32-25(34)16-33(38(35,36)19-7-5-4-6-8-19)18-10-12-22(28)21(14-18)27(29,30)31/h4-14,23H,15-16H2,1-3H3,(H,32,34). The Labute approximate surface area is 224 Å². The molecule has 202 valence electrons. The Morgan fingerprint density at radius 2 is 1.79 bits per heavy atom. The molecule has 1 amide bonds. The highest BCUT2D eigenvalue weighted by Gasteiger charge is 2.37. The summed E-state index contributed by atoms with van der Waals surface area (Å²) in [5, 5.41) is 2.27. The van der Waals surface area contributed by atoms with E-state index in [1.807, 2.05) is 39.0 Å². The molecule has 0 saturated heterocycles. The molecule has 3 aromatic rings. The van der Waals surface area contributed by atoms with Crippen molar-refractivity contribution in [1.82, 2.24) is 5.32 Å². The van der Waals surface area contributed by atoms with Gasteiger partial charge < -0.3 is 10.1 Å². The highest BCUT2D eigenvalue weighted by molar-refractivity contribution is 7.92. The van der Waals surface area contributed by atoms with Crippen molar-refractivity contribution in [3.05, 3.63) is 88.4 Å². The maximum Gasteiger partial charge on any atom is 0.417 e. The van der Waals surface area contributed by atoms with Crippen LogP contribution in [0.25, 0.3) is 0 Å². The molecular formula is C27H26ClF3N2O4S. The summed E-state index contributed by atoms with van der Waals surface area (Å²) in [7, 11) is -4.42. The number of nitrogens with one attached hydrogen (secondary N) is 1. The first-order valence-corrected chi connectivity index (χ1v) is 13.5. The molecule has 1 heterocycles. The molecule has 0 bridgehead atoms. The van der Waals surface area contributed by atoms with E-state index in [9.17, 15) is 26.4 Å². The van der Waals surface area contributed by atoms with Crippen LogP contribution in [-0.4, -0.2) is 26.5 Å². The van der Waals surface area contributed by atoms with Gasteiger partial charge in [-0.3, -0.25) is 9.10 Å². The number of amides is 1. The fraction of sp³-hybridized carbons (Fsp3) is 0.296. The lowest BCUT2D eigenvalue weighted by molar-refractivity contribution is -0.137. The molecule has 3 aromatic carbocycles. The number of aryl methyl sites for hydroxylation is 1. The lowest BCUT2D eigenvalue weighted by Gasteiger charge is -2.38. The van der Waals surface area contributed by atoms with Crippen LogP contribution in [0.5, 0.6) is 5.75 Å². The molecule has 38 heavy (non-hydrogen) atoms. The van der Waals surface area contributed by atoms with Crippen LogP contribution in [0, 0.1) is 6.92 Å². The van der Waals surface area contributed by atoms with Crippen LogP contribution in [-0.2, 0) is 21.0 Å². The predicted octanol–water partition coefficient (Wildman–Crippen LogP) is 6.28. The van der Waals surface area contributed by atoms with E-state index < -0.39 is 50.9 Å². The van der Waals surface area contributed by atoms with Crippen molar-refractivity contribution in [1.29, 1.82) is 0 Å². The molecule has 1 N–H and O–H groups in total. The van der Waals surface area contributed by atoms with Gasteiger partial charge in [-0.2, -0.15) is 13.2 Å². The summed E-state index contributed by atoms with van der Waals surface area (Å²) >= 11 is 5.76. The van der Waals surface area contributed by atoms with Gasteiger partial charge in [0, 0.05) is 12.0 Å². The molecule has 4 rings (SSSR count). The molecule has 0 radical (unpaired) electrons. The summed E-state index contributed by atoms with van der Waals surface area (Å²) in [4.78, 5) is 13.1. The molecule has 0 aromatic heterocycles. The Kier molecular flexibility index (Phi) is 7.42. The molecule has 0 spiro atoms. The first-order valence-electron chi connectivity index (χ1n) is 11.7. The van der Waals surface area contributed by atoms with Crippen molar-refractivity contribution in [2.45, 2.75) is 49.9 Å². The molecule has 11 heteroatoms. The van der Waals surface area contributed by atoms with Gasteiger partial charge in [-0.05, 0) is 62.7 Å². The first kappa shape index (κ1) is 27.8. The zero-order valence-corrected chi connectivity index (χ0v) is 22.4. The quantitative estimate of drug-likeness (QED) is 0.381. The van der Waals surface area contributed by atoms with Gasteiger partial charge in [0.1, 0.15) is 17.9 Å². The van der Waals surface area contributed by atoms with Gasteiger partial charge >= 0.3 is 6.18 Å². The average molecular weight is 567 g/mol. The van der Waals surface area contributed by atoms with Gasteiger partial charge in [-0.25, -0.2) is 8.42 Å². The number of anilines is 1. The van der Waals surface area contributed by atoms with Crippen molar-refractivity contribution in [2.24, 2.45) is 0 Å². The van der Waals surface area contributed by atoms with Crippen molar-refractivity contribution >= 4 is 33.2 Å². The van der Waals surface area contributed by atoms with E-state index in [4.69, 9.17) is 16.3 Å². The van der Waals surface area contributed by atoms with E-state index in [0.717, 1.165) is 23.3 Å². The molecule has 1 aliphatic rings. The van der Waals surface area contributed by atoms with E-state index in [1.165, 1.54) is 24.3 Å². The lowest BCUT2D eigenvalue weighted by atomic mass is 9.89. The maximum atomic E-state index is 13.6. The molecule has 0 fully saturated rings. The van der Waals surface area contributed by atoms with Crippen LogP contribution in [0.4, 0.5) is 18.9 Å². The highest BCUT2D eigenvalue weighted by Crippen LogP contribution is 2.40. The zero-order chi connectivity index (χ0) is 27.9. The van der Waals surface area contributed by atoms with Crippen LogP contribution in [0.15, 0.2) is 71.6 Å². The first-order chi connectivity index (χ1) is 17.7. The zero-order valence-electron chi connectivity index (χ0n) is 20.8. The van der Waals surface area contributed by atoms with Gasteiger partial charge in [-0.1, -0.05) is 41.9 Å². The Balaban J connectivity index is 1.71. The lowest BCUT2D eigenvalue weighted by Crippen LogP contribution is -2.45. The fourth-order valence-corrected chi connectivity index (χ4v) is 6.04. The number of carbonyl (C=O) groups excluding carboxylic acids is 1. The van der Waals surface area contributed by atoms with Crippen molar-refractivity contribution in [3.63, 3.8) is 0 Å². The number of nitrogens with zero attached hydrogens (tertiary/aromatic N) is 1. The maximum absolute atomic E-state index is 13.6. The number of alkyl halides is 3. The minimum absolute atomic E-state index is 0.177. The molecule has 6 nitrogen and oxygen atoms in total. The Morgan fingerprint density at radius 3 is 2.45 bits per heavy atom. The van der Waals surface area contributed by atoms with Gasteiger partial charge in [0.25, 0.3) is 10.0 Å². The SMILES string of the molecule is Cc1ccc2c(c1)OC(C)(C)CC2NC(=O)CN(c1ccc(Cl)c(C(F)(F)F)c1)S(=O)(=O)c1ccccc1. The van der Waals surface area contributed by atoms with E-state index >= 15 is 0 Å². The van der Waals surface area contributed by atoms with Crippen LogP contribution in [0.3, 0.4) is 0 Å². The van der Waals surface area contributed by atoms with Crippen molar-refractivity contribution in [3.8, 4) is 5.75 Å². The van der Waals surface area contributed by atoms with E-state index in [1.54, 1.807) is 6.07 Å². The summed E-state index contributed by atoms with van der Waals surface area (Å²) in [5.41, 5.74) is -0.474. The normalized spacial score (nSPS) is 16.8. The summed E-state index contributed by atoms with van der Waals surface area (Å²) < 4.78 is 74.6. The van der Waals surface area contributed by atoms with Crippen LogP contribution >= 0.6 is 11.6 Å². The topological polar surface area (TPSA) is 75.7 Å². The predicted molar refractivity (Wildman–Crippen MR) is 139 cm³/mol. The Bertz CT molecular complexity index is 1460. The number of sulfonamides is 1. The number of fused-ring (bicyclic) bond motifs is 1. The van der Waals surface area contributed by atoms with Crippen LogP contribution < -0.4 is 14.4 Å².